The van der Waals surface area contributed by atoms with Crippen LogP contribution in [0.15, 0.2) is 24.4 Å². The third kappa shape index (κ3) is 1.05. The van der Waals surface area contributed by atoms with Crippen molar-refractivity contribution in [1.29, 1.82) is 0 Å². The largest absolute Gasteiger partial charge is 0.255 e. The maximum atomic E-state index is 4.41. The van der Waals surface area contributed by atoms with Gasteiger partial charge in [0.1, 0.15) is 0 Å². The van der Waals surface area contributed by atoms with Crippen molar-refractivity contribution in [3.8, 4) is 0 Å². The average molecular weight is 158 g/mol. The van der Waals surface area contributed by atoms with Crippen molar-refractivity contribution < 1.29 is 0 Å². The molecule has 2 heteroatoms. The highest BCUT2D eigenvalue weighted by Gasteiger charge is 1.97. The Kier molecular flexibility index (Phi) is 1.54. The van der Waals surface area contributed by atoms with Crippen molar-refractivity contribution in [3.05, 3.63) is 35.7 Å². The number of hydrogen-bond donors (Lipinski definition) is 0. The van der Waals surface area contributed by atoms with Gasteiger partial charge in [-0.3, -0.25) is 9.97 Å². The summed E-state index contributed by atoms with van der Waals surface area (Å²) in [5, 5.41) is 0. The van der Waals surface area contributed by atoms with Crippen LogP contribution in [0.25, 0.3) is 11.0 Å². The molecule has 0 aliphatic heterocycles. The number of rotatable bonds is 0. The number of nitrogens with zero attached hydrogens (tertiary/aromatic N) is 2. The van der Waals surface area contributed by atoms with Crippen LogP contribution in [0.4, 0.5) is 0 Å². The lowest BCUT2D eigenvalue weighted by Gasteiger charge is -1.99. The molecule has 0 amide bonds. The monoisotopic (exact) mass is 158 g/mol. The molecule has 0 aromatic carbocycles. The van der Waals surface area contributed by atoms with E-state index >= 15 is 0 Å². The van der Waals surface area contributed by atoms with Crippen LogP contribution in [0.2, 0.25) is 0 Å². The van der Waals surface area contributed by atoms with Crippen molar-refractivity contribution in [2.45, 2.75) is 13.8 Å². The zero-order valence-electron chi connectivity index (χ0n) is 7.20. The summed E-state index contributed by atoms with van der Waals surface area (Å²) in [5.41, 5.74) is 4.21. The lowest BCUT2D eigenvalue weighted by Crippen LogP contribution is -1.87. The van der Waals surface area contributed by atoms with Gasteiger partial charge >= 0.3 is 0 Å². The molecule has 0 N–H and O–H groups in total. The lowest BCUT2D eigenvalue weighted by atomic mass is 10.2. The topological polar surface area (TPSA) is 25.8 Å². The number of hydrogen-bond acceptors (Lipinski definition) is 2. The van der Waals surface area contributed by atoms with E-state index in [1.54, 1.807) is 0 Å². The Morgan fingerprint density at radius 1 is 1.08 bits per heavy atom. The minimum atomic E-state index is 0.973. The van der Waals surface area contributed by atoms with E-state index in [1.807, 2.05) is 31.3 Å². The van der Waals surface area contributed by atoms with Gasteiger partial charge in [0, 0.05) is 11.9 Å². The molecule has 0 aliphatic rings. The summed E-state index contributed by atoms with van der Waals surface area (Å²) in [6, 6.07) is 5.97. The molecular weight excluding hydrogens is 148 g/mol. The summed E-state index contributed by atoms with van der Waals surface area (Å²) in [7, 11) is 0. The first-order valence-corrected chi connectivity index (χ1v) is 3.96. The molecule has 2 nitrogen and oxygen atoms in total. The van der Waals surface area contributed by atoms with E-state index in [1.165, 1.54) is 5.56 Å². The van der Waals surface area contributed by atoms with E-state index in [4.69, 9.17) is 0 Å². The van der Waals surface area contributed by atoms with Crippen LogP contribution < -0.4 is 0 Å². The Labute approximate surface area is 71.3 Å². The third-order valence-electron chi connectivity index (χ3n) is 1.92. The van der Waals surface area contributed by atoms with Crippen LogP contribution in [0.5, 0.6) is 0 Å². The normalized spacial score (nSPS) is 10.5. The predicted octanol–water partition coefficient (Wildman–Crippen LogP) is 2.25. The highest BCUT2D eigenvalue weighted by molar-refractivity contribution is 5.77. The third-order valence-corrected chi connectivity index (χ3v) is 1.92. The van der Waals surface area contributed by atoms with Crippen LogP contribution in [-0.4, -0.2) is 9.97 Å². The Hall–Kier alpha value is -1.44. The molecule has 0 saturated carbocycles. The summed E-state index contributed by atoms with van der Waals surface area (Å²) in [6.45, 7) is 4.04. The Bertz CT molecular complexity index is 421. The maximum Gasteiger partial charge on any atom is 0.0918 e. The van der Waals surface area contributed by atoms with E-state index < -0.39 is 0 Å². The molecule has 12 heavy (non-hydrogen) atoms. The second-order valence-electron chi connectivity index (χ2n) is 2.95. The molecule has 0 spiro atoms. The first-order valence-electron chi connectivity index (χ1n) is 3.96. The van der Waals surface area contributed by atoms with Crippen molar-refractivity contribution >= 4 is 11.0 Å². The van der Waals surface area contributed by atoms with Crippen LogP contribution in [0, 0.1) is 13.8 Å². The van der Waals surface area contributed by atoms with Gasteiger partial charge in [-0.15, -0.1) is 0 Å². The van der Waals surface area contributed by atoms with Gasteiger partial charge in [-0.25, -0.2) is 0 Å². The minimum Gasteiger partial charge on any atom is -0.255 e. The predicted molar refractivity (Wildman–Crippen MR) is 49.0 cm³/mol. The molecule has 2 aromatic heterocycles. The van der Waals surface area contributed by atoms with Gasteiger partial charge in [-0.05, 0) is 37.6 Å². The summed E-state index contributed by atoms with van der Waals surface area (Å²) in [5.74, 6) is 0. The molecule has 0 unspecified atom stereocenters. The summed E-state index contributed by atoms with van der Waals surface area (Å²) in [4.78, 5) is 8.63. The van der Waals surface area contributed by atoms with Gasteiger partial charge in [0.25, 0.3) is 0 Å². The van der Waals surface area contributed by atoms with Gasteiger partial charge in [-0.2, -0.15) is 0 Å². The molecule has 0 aliphatic carbocycles. The minimum absolute atomic E-state index is 0.973. The summed E-state index contributed by atoms with van der Waals surface area (Å²) >= 11 is 0. The molecule has 0 radical (unpaired) electrons. The molecule has 60 valence electrons. The quantitative estimate of drug-likeness (QED) is 0.587. The highest BCUT2D eigenvalue weighted by Crippen LogP contribution is 2.12. The smallest absolute Gasteiger partial charge is 0.0918 e. The van der Waals surface area contributed by atoms with Gasteiger partial charge < -0.3 is 0 Å². The lowest BCUT2D eigenvalue weighted by molar-refractivity contribution is 1.22. The molecule has 0 atom stereocenters. The van der Waals surface area contributed by atoms with E-state index in [2.05, 4.69) is 16.9 Å². The van der Waals surface area contributed by atoms with E-state index in [9.17, 15) is 0 Å². The second-order valence-corrected chi connectivity index (χ2v) is 2.95. The average Bonchev–Trinajstić information content (AvgIpc) is 2.07. The van der Waals surface area contributed by atoms with Crippen LogP contribution in [-0.2, 0) is 0 Å². The Morgan fingerprint density at radius 3 is 2.75 bits per heavy atom. The van der Waals surface area contributed by atoms with E-state index in [0.717, 1.165) is 16.7 Å². The number of pyridine rings is 2. The molecule has 2 heterocycles. The first kappa shape index (κ1) is 7.22. The van der Waals surface area contributed by atoms with Crippen molar-refractivity contribution in [2.24, 2.45) is 0 Å². The number of aryl methyl sites for hydroxylation is 2. The maximum absolute atomic E-state index is 4.41. The highest BCUT2D eigenvalue weighted by atomic mass is 14.8. The molecule has 0 bridgehead atoms. The summed E-state index contributed by atoms with van der Waals surface area (Å²) < 4.78 is 0. The molecule has 0 saturated heterocycles. The fraction of sp³-hybridized carbons (Fsp3) is 0.200. The van der Waals surface area contributed by atoms with E-state index in [-0.39, 0.29) is 0 Å². The number of fused-ring (bicyclic) bond motifs is 1. The molecule has 0 fully saturated rings. The molecule has 2 aromatic rings. The standard InChI is InChI=1S/C10H10N2/c1-7-5-6-11-9-4-3-8(2)12-10(7)9/h3-6H,1-2H3. The Morgan fingerprint density at radius 2 is 1.92 bits per heavy atom. The van der Waals surface area contributed by atoms with Crippen molar-refractivity contribution in [2.75, 3.05) is 0 Å². The molecule has 2 rings (SSSR count). The zero-order valence-corrected chi connectivity index (χ0v) is 7.20. The van der Waals surface area contributed by atoms with Gasteiger partial charge in [0.15, 0.2) is 0 Å². The van der Waals surface area contributed by atoms with Gasteiger partial charge in [-0.1, -0.05) is 0 Å². The second kappa shape index (κ2) is 2.55. The van der Waals surface area contributed by atoms with Gasteiger partial charge in [0.05, 0.1) is 11.0 Å². The fourth-order valence-electron chi connectivity index (χ4n) is 1.25. The van der Waals surface area contributed by atoms with Crippen molar-refractivity contribution in [1.82, 2.24) is 9.97 Å². The Balaban J connectivity index is 2.88. The first-order chi connectivity index (χ1) is 5.77. The zero-order chi connectivity index (χ0) is 8.55. The SMILES string of the molecule is Cc1ccc2nccc(C)c2n1. The van der Waals surface area contributed by atoms with Crippen LogP contribution >= 0.6 is 0 Å². The number of aromatic nitrogens is 2. The summed E-state index contributed by atoms with van der Waals surface area (Å²) in [6.07, 6.45) is 1.81. The van der Waals surface area contributed by atoms with E-state index in [0.29, 0.717) is 0 Å². The van der Waals surface area contributed by atoms with Crippen LogP contribution in [0.3, 0.4) is 0 Å². The molecular formula is C10H10N2. The van der Waals surface area contributed by atoms with Crippen LogP contribution in [0.1, 0.15) is 11.3 Å². The fourth-order valence-corrected chi connectivity index (χ4v) is 1.25. The van der Waals surface area contributed by atoms with Gasteiger partial charge in [0.2, 0.25) is 0 Å². The van der Waals surface area contributed by atoms with Crippen molar-refractivity contribution in [3.63, 3.8) is 0 Å².